The Morgan fingerprint density at radius 3 is 2.69 bits per heavy atom. The highest BCUT2D eigenvalue weighted by atomic mass is 35.5. The predicted molar refractivity (Wildman–Crippen MR) is 136 cm³/mol. The summed E-state index contributed by atoms with van der Waals surface area (Å²) in [6, 6.07) is 10.5. The molecular formula is C24H30Cl2N4OS. The van der Waals surface area contributed by atoms with Gasteiger partial charge in [0.1, 0.15) is 5.02 Å². The number of rotatable bonds is 8. The molecule has 0 amide bonds. The molecule has 8 heteroatoms. The second-order valence-corrected chi connectivity index (χ2v) is 10.1. The van der Waals surface area contributed by atoms with Crippen LogP contribution in [0.5, 0.6) is 0 Å². The molecule has 3 heterocycles. The number of hydrogen-bond acceptors (Lipinski definition) is 5. The Bertz CT molecular complexity index is 1040. The lowest BCUT2D eigenvalue weighted by atomic mass is 10.0. The molecule has 0 aliphatic carbocycles. The van der Waals surface area contributed by atoms with E-state index < -0.39 is 0 Å². The maximum Gasteiger partial charge on any atom is 0.269 e. The van der Waals surface area contributed by atoms with E-state index in [4.69, 9.17) is 23.2 Å². The second kappa shape index (κ2) is 10.6. The molecule has 1 aromatic heterocycles. The molecule has 2 aliphatic heterocycles. The van der Waals surface area contributed by atoms with Crippen LogP contribution in [0.25, 0.3) is 0 Å². The third-order valence-corrected chi connectivity index (χ3v) is 7.32. The quantitative estimate of drug-likeness (QED) is 0.503. The number of aryl methyl sites for hydroxylation is 1. The average molecular weight is 494 g/mol. The molecule has 0 radical (unpaired) electrons. The van der Waals surface area contributed by atoms with Crippen LogP contribution in [0, 0.1) is 0 Å². The van der Waals surface area contributed by atoms with Crippen molar-refractivity contribution in [3.05, 3.63) is 67.6 Å². The first-order valence-electron chi connectivity index (χ1n) is 11.4. The summed E-state index contributed by atoms with van der Waals surface area (Å²) in [6.45, 7) is 4.50. The molecule has 0 spiro atoms. The number of nitrogens with zero attached hydrogens (tertiary/aromatic N) is 3. The van der Waals surface area contributed by atoms with Crippen molar-refractivity contribution < 1.29 is 0 Å². The molecule has 32 heavy (non-hydrogen) atoms. The van der Waals surface area contributed by atoms with Gasteiger partial charge in [-0.05, 0) is 49.4 Å². The maximum absolute atomic E-state index is 12.9. The van der Waals surface area contributed by atoms with Gasteiger partial charge in [-0.15, -0.1) is 0 Å². The van der Waals surface area contributed by atoms with Crippen molar-refractivity contribution in [1.82, 2.24) is 14.9 Å². The summed E-state index contributed by atoms with van der Waals surface area (Å²) < 4.78 is 1.77. The fraction of sp³-hybridized carbons (Fsp3) is 0.500. The van der Waals surface area contributed by atoms with Gasteiger partial charge >= 0.3 is 0 Å². The molecule has 2 aliphatic rings. The Kier molecular flexibility index (Phi) is 7.87. The van der Waals surface area contributed by atoms with Crippen LogP contribution >= 0.6 is 35.8 Å². The fourth-order valence-corrected chi connectivity index (χ4v) is 5.47. The molecular weight excluding hydrogens is 463 g/mol. The molecule has 2 atom stereocenters. The van der Waals surface area contributed by atoms with Crippen molar-refractivity contribution in [3.8, 4) is 0 Å². The Hall–Kier alpha value is -1.47. The minimum Gasteiger partial charge on any atom is -0.308 e. The summed E-state index contributed by atoms with van der Waals surface area (Å²) in [6.07, 6.45) is 6.28. The van der Waals surface area contributed by atoms with Gasteiger partial charge in [-0.2, -0.15) is 17.7 Å². The molecule has 4 rings (SSSR count). The zero-order chi connectivity index (χ0) is 22.7. The molecule has 2 aromatic rings. The van der Waals surface area contributed by atoms with Gasteiger partial charge < -0.3 is 4.57 Å². The van der Waals surface area contributed by atoms with E-state index in [-0.39, 0.29) is 16.0 Å². The molecule has 1 aromatic carbocycles. The first-order chi connectivity index (χ1) is 15.5. The molecule has 0 saturated carbocycles. The number of benzene rings is 1. The van der Waals surface area contributed by atoms with Crippen LogP contribution in [0.4, 0.5) is 0 Å². The summed E-state index contributed by atoms with van der Waals surface area (Å²) in [5.41, 5.74) is 6.95. The van der Waals surface area contributed by atoms with Gasteiger partial charge in [-0.25, -0.2) is 0 Å². The normalized spacial score (nSPS) is 21.1. The lowest BCUT2D eigenvalue weighted by Gasteiger charge is -2.26. The van der Waals surface area contributed by atoms with Crippen molar-refractivity contribution in [2.45, 2.75) is 70.0 Å². The molecule has 1 unspecified atom stereocenters. The fourth-order valence-electron chi connectivity index (χ4n) is 4.70. The summed E-state index contributed by atoms with van der Waals surface area (Å²) >= 11 is 17.2. The Morgan fingerprint density at radius 1 is 1.22 bits per heavy atom. The topological polar surface area (TPSA) is 49.6 Å². The van der Waals surface area contributed by atoms with Gasteiger partial charge in [-0.3, -0.25) is 15.1 Å². The third kappa shape index (κ3) is 5.36. The number of thiol groups is 1. The second-order valence-electron chi connectivity index (χ2n) is 8.65. The van der Waals surface area contributed by atoms with Crippen LogP contribution in [0.3, 0.4) is 0 Å². The minimum absolute atomic E-state index is 0.0788. The van der Waals surface area contributed by atoms with E-state index in [0.717, 1.165) is 48.3 Å². The van der Waals surface area contributed by atoms with Gasteiger partial charge in [-0.1, -0.05) is 60.8 Å². The first kappa shape index (κ1) is 23.7. The van der Waals surface area contributed by atoms with E-state index in [1.54, 1.807) is 10.6 Å². The van der Waals surface area contributed by atoms with Crippen LogP contribution in [-0.2, 0) is 19.5 Å². The lowest BCUT2D eigenvalue weighted by Crippen LogP contribution is -2.33. The van der Waals surface area contributed by atoms with E-state index >= 15 is 0 Å². The summed E-state index contributed by atoms with van der Waals surface area (Å²) in [5, 5.41) is 5.15. The summed E-state index contributed by atoms with van der Waals surface area (Å²) in [5.74, 6) is 0. The van der Waals surface area contributed by atoms with Crippen LogP contribution in [0.15, 0.2) is 40.2 Å². The third-order valence-electron chi connectivity index (χ3n) is 6.42. The molecule has 172 valence electrons. The van der Waals surface area contributed by atoms with Crippen LogP contribution in [0.2, 0.25) is 10.0 Å². The zero-order valence-corrected chi connectivity index (χ0v) is 20.8. The smallest absolute Gasteiger partial charge is 0.269 e. The van der Waals surface area contributed by atoms with Gasteiger partial charge in [0.15, 0.2) is 0 Å². The Labute approximate surface area is 205 Å². The number of pyridine rings is 1. The van der Waals surface area contributed by atoms with E-state index in [9.17, 15) is 4.79 Å². The molecule has 1 N–H and O–H groups in total. The maximum atomic E-state index is 12.9. The Morgan fingerprint density at radius 2 is 2.00 bits per heavy atom. The average Bonchev–Trinajstić information content (AvgIpc) is 3.41. The van der Waals surface area contributed by atoms with Gasteiger partial charge in [0, 0.05) is 25.6 Å². The summed E-state index contributed by atoms with van der Waals surface area (Å²) in [7, 11) is 0. The Balaban J connectivity index is 1.51. The molecule has 0 bridgehead atoms. The lowest BCUT2D eigenvalue weighted by molar-refractivity contribution is 0.227. The van der Waals surface area contributed by atoms with E-state index in [2.05, 4.69) is 59.2 Å². The monoisotopic (exact) mass is 492 g/mol. The number of halogens is 2. The van der Waals surface area contributed by atoms with Crippen molar-refractivity contribution in [1.29, 1.82) is 0 Å². The molecule has 1 fully saturated rings. The molecule has 5 nitrogen and oxygen atoms in total. The van der Waals surface area contributed by atoms with Gasteiger partial charge in [0.05, 0.1) is 21.8 Å². The van der Waals surface area contributed by atoms with Gasteiger partial charge in [0.2, 0.25) is 0 Å². The number of nitrogens with one attached hydrogen (secondary N) is 1. The SMILES string of the molecule is CCC[C@H]1CCCN1Cc1c(Cl)cc(Cl)c(=O)n1CCc1ccc(C2=NNC(S)C2)cc1. The van der Waals surface area contributed by atoms with E-state index in [0.29, 0.717) is 24.2 Å². The van der Waals surface area contributed by atoms with Crippen molar-refractivity contribution in [2.24, 2.45) is 5.10 Å². The standard InChI is InChI=1S/C24H30Cl2N4OS/c1-2-4-18-5-3-11-29(18)15-22-19(25)13-20(26)24(31)30(22)12-10-16-6-8-17(9-7-16)21-14-23(32)28-27-21/h6-9,13,18,23,28,32H,2-5,10-12,14-15H2,1H3/t18-,23?/m0/s1. The number of aromatic nitrogens is 1. The van der Waals surface area contributed by atoms with E-state index in [1.807, 2.05) is 0 Å². The van der Waals surface area contributed by atoms with Crippen molar-refractivity contribution in [2.75, 3.05) is 6.54 Å². The van der Waals surface area contributed by atoms with Crippen molar-refractivity contribution in [3.63, 3.8) is 0 Å². The van der Waals surface area contributed by atoms with Crippen molar-refractivity contribution >= 4 is 41.5 Å². The first-order valence-corrected chi connectivity index (χ1v) is 12.6. The number of hydrogen-bond donors (Lipinski definition) is 2. The van der Waals surface area contributed by atoms with Crippen LogP contribution < -0.4 is 11.0 Å². The number of hydrazone groups is 1. The highest BCUT2D eigenvalue weighted by Gasteiger charge is 2.26. The zero-order valence-electron chi connectivity index (χ0n) is 18.4. The highest BCUT2D eigenvalue weighted by molar-refractivity contribution is 7.80. The van der Waals surface area contributed by atoms with E-state index in [1.165, 1.54) is 19.3 Å². The number of likely N-dealkylation sites (tertiary alicyclic amines) is 1. The largest absolute Gasteiger partial charge is 0.308 e. The highest BCUT2D eigenvalue weighted by Crippen LogP contribution is 2.27. The van der Waals surface area contributed by atoms with Crippen LogP contribution in [-0.4, -0.2) is 33.1 Å². The van der Waals surface area contributed by atoms with Gasteiger partial charge in [0.25, 0.3) is 5.56 Å². The minimum atomic E-state index is -0.167. The van der Waals surface area contributed by atoms with Crippen LogP contribution in [0.1, 0.15) is 55.8 Å². The summed E-state index contributed by atoms with van der Waals surface area (Å²) in [4.78, 5) is 15.4. The molecule has 1 saturated heterocycles. The predicted octanol–water partition coefficient (Wildman–Crippen LogP) is 5.12.